The van der Waals surface area contributed by atoms with Crippen molar-refractivity contribution in [3.05, 3.63) is 29.3 Å². The molecule has 0 saturated carbocycles. The topological polar surface area (TPSA) is 24.9 Å². The van der Waals surface area contributed by atoms with Crippen LogP contribution in [0.1, 0.15) is 11.1 Å². The second kappa shape index (κ2) is 6.77. The molecule has 3 rings (SSSR count). The van der Waals surface area contributed by atoms with E-state index in [-0.39, 0.29) is 6.10 Å². The van der Waals surface area contributed by atoms with E-state index in [9.17, 15) is 0 Å². The minimum Gasteiger partial charge on any atom is -0.376 e. The highest BCUT2D eigenvalue weighted by Crippen LogP contribution is 2.23. The van der Waals surface area contributed by atoms with Crippen LogP contribution >= 0.6 is 0 Å². The van der Waals surface area contributed by atoms with E-state index >= 15 is 0 Å². The third kappa shape index (κ3) is 3.76. The van der Waals surface area contributed by atoms with E-state index in [1.807, 2.05) is 0 Å². The summed E-state index contributed by atoms with van der Waals surface area (Å²) in [7, 11) is 0. The summed E-state index contributed by atoms with van der Waals surface area (Å²) in [6.45, 7) is 12.0. The van der Waals surface area contributed by atoms with Crippen LogP contribution in [0.3, 0.4) is 0 Å². The standard InChI is InChI=1S/C17H26N2O2/c1-14-3-4-15(2)17(11-14)19-7-5-18(6-8-19)12-16-13-20-9-10-21-16/h3-4,11,16H,5-10,12-13H2,1-2H3. The third-order valence-corrected chi connectivity index (χ3v) is 4.42. The van der Waals surface area contributed by atoms with Gasteiger partial charge in [-0.2, -0.15) is 0 Å². The van der Waals surface area contributed by atoms with Gasteiger partial charge in [0.05, 0.1) is 25.9 Å². The molecule has 0 N–H and O–H groups in total. The van der Waals surface area contributed by atoms with Gasteiger partial charge in [-0.25, -0.2) is 0 Å². The second-order valence-electron chi connectivity index (χ2n) is 6.15. The summed E-state index contributed by atoms with van der Waals surface area (Å²) in [6.07, 6.45) is 0.256. The molecule has 1 unspecified atom stereocenters. The number of nitrogens with zero attached hydrogens (tertiary/aromatic N) is 2. The van der Waals surface area contributed by atoms with Gasteiger partial charge in [0.2, 0.25) is 0 Å². The van der Waals surface area contributed by atoms with Crippen molar-refractivity contribution in [1.29, 1.82) is 0 Å². The molecule has 1 aromatic carbocycles. The molecule has 0 spiro atoms. The number of benzene rings is 1. The SMILES string of the molecule is Cc1ccc(C)c(N2CCN(CC3COCCO3)CC2)c1. The van der Waals surface area contributed by atoms with Crippen molar-refractivity contribution in [2.24, 2.45) is 0 Å². The van der Waals surface area contributed by atoms with Crippen molar-refractivity contribution < 1.29 is 9.47 Å². The quantitative estimate of drug-likeness (QED) is 0.848. The smallest absolute Gasteiger partial charge is 0.0936 e. The van der Waals surface area contributed by atoms with E-state index in [1.54, 1.807) is 0 Å². The van der Waals surface area contributed by atoms with Crippen molar-refractivity contribution in [2.45, 2.75) is 20.0 Å². The minimum atomic E-state index is 0.256. The number of anilines is 1. The fraction of sp³-hybridized carbons (Fsp3) is 0.647. The van der Waals surface area contributed by atoms with Crippen LogP contribution in [0.25, 0.3) is 0 Å². The molecule has 0 amide bonds. The molecule has 116 valence electrons. The normalized spacial score (nSPS) is 24.3. The molecule has 21 heavy (non-hydrogen) atoms. The molecule has 2 fully saturated rings. The lowest BCUT2D eigenvalue weighted by Gasteiger charge is -2.38. The van der Waals surface area contributed by atoms with Crippen molar-refractivity contribution in [3.63, 3.8) is 0 Å². The van der Waals surface area contributed by atoms with Crippen LogP contribution in [0.4, 0.5) is 5.69 Å². The summed E-state index contributed by atoms with van der Waals surface area (Å²) in [5.74, 6) is 0. The molecule has 2 saturated heterocycles. The Hall–Kier alpha value is -1.10. The predicted molar refractivity (Wildman–Crippen MR) is 85.1 cm³/mol. The summed E-state index contributed by atoms with van der Waals surface area (Å²) in [5, 5.41) is 0. The maximum absolute atomic E-state index is 5.75. The zero-order valence-corrected chi connectivity index (χ0v) is 13.2. The van der Waals surface area contributed by atoms with Crippen LogP contribution in [0, 0.1) is 13.8 Å². The summed E-state index contributed by atoms with van der Waals surface area (Å²) in [6, 6.07) is 6.73. The Morgan fingerprint density at radius 1 is 1.10 bits per heavy atom. The first-order valence-corrected chi connectivity index (χ1v) is 7.96. The molecule has 4 heteroatoms. The highest BCUT2D eigenvalue weighted by atomic mass is 16.6. The summed E-state index contributed by atoms with van der Waals surface area (Å²) in [5.41, 5.74) is 4.11. The van der Waals surface area contributed by atoms with E-state index in [2.05, 4.69) is 41.8 Å². The molecule has 0 radical (unpaired) electrons. The molecule has 0 aliphatic carbocycles. The molecule has 1 aromatic rings. The van der Waals surface area contributed by atoms with Crippen LogP contribution in [-0.4, -0.2) is 63.5 Å². The number of hydrogen-bond donors (Lipinski definition) is 0. The number of aryl methyl sites for hydroxylation is 2. The number of piperazine rings is 1. The van der Waals surface area contributed by atoms with Gasteiger partial charge >= 0.3 is 0 Å². The zero-order valence-electron chi connectivity index (χ0n) is 13.2. The monoisotopic (exact) mass is 290 g/mol. The summed E-state index contributed by atoms with van der Waals surface area (Å²) < 4.78 is 11.2. The van der Waals surface area contributed by atoms with Gasteiger partial charge < -0.3 is 14.4 Å². The van der Waals surface area contributed by atoms with E-state index in [4.69, 9.17) is 9.47 Å². The minimum absolute atomic E-state index is 0.256. The van der Waals surface area contributed by atoms with Crippen LogP contribution in [0.15, 0.2) is 18.2 Å². The molecule has 0 aromatic heterocycles. The Morgan fingerprint density at radius 2 is 1.90 bits per heavy atom. The molecular weight excluding hydrogens is 264 g/mol. The predicted octanol–water partition coefficient (Wildman–Crippen LogP) is 1.84. The Labute approximate surface area is 127 Å². The van der Waals surface area contributed by atoms with Gasteiger partial charge in [0, 0.05) is 38.4 Å². The fourth-order valence-electron chi connectivity index (χ4n) is 3.16. The van der Waals surface area contributed by atoms with Crippen LogP contribution in [0.5, 0.6) is 0 Å². The lowest BCUT2D eigenvalue weighted by atomic mass is 10.1. The Balaban J connectivity index is 1.53. The summed E-state index contributed by atoms with van der Waals surface area (Å²) in [4.78, 5) is 5.01. The molecule has 0 bridgehead atoms. The molecule has 2 heterocycles. The van der Waals surface area contributed by atoms with Crippen molar-refractivity contribution in [3.8, 4) is 0 Å². The highest BCUT2D eigenvalue weighted by molar-refractivity contribution is 5.55. The Morgan fingerprint density at radius 3 is 2.62 bits per heavy atom. The maximum atomic E-state index is 5.75. The summed E-state index contributed by atoms with van der Waals surface area (Å²) >= 11 is 0. The van der Waals surface area contributed by atoms with Crippen molar-refractivity contribution >= 4 is 5.69 Å². The Bertz CT molecular complexity index is 464. The van der Waals surface area contributed by atoms with E-state index < -0.39 is 0 Å². The van der Waals surface area contributed by atoms with E-state index in [1.165, 1.54) is 16.8 Å². The maximum Gasteiger partial charge on any atom is 0.0936 e. The van der Waals surface area contributed by atoms with Gasteiger partial charge in [-0.3, -0.25) is 4.90 Å². The average Bonchev–Trinajstić information content (AvgIpc) is 2.52. The van der Waals surface area contributed by atoms with Gasteiger partial charge in [-0.1, -0.05) is 12.1 Å². The van der Waals surface area contributed by atoms with Crippen LogP contribution in [-0.2, 0) is 9.47 Å². The molecule has 2 aliphatic rings. The van der Waals surface area contributed by atoms with Gasteiger partial charge in [-0.15, -0.1) is 0 Å². The molecule has 4 nitrogen and oxygen atoms in total. The van der Waals surface area contributed by atoms with Gasteiger partial charge in [-0.05, 0) is 31.0 Å². The van der Waals surface area contributed by atoms with Crippen LogP contribution in [0.2, 0.25) is 0 Å². The third-order valence-electron chi connectivity index (χ3n) is 4.42. The van der Waals surface area contributed by atoms with Gasteiger partial charge in [0.15, 0.2) is 0 Å². The fourth-order valence-corrected chi connectivity index (χ4v) is 3.16. The zero-order chi connectivity index (χ0) is 14.7. The van der Waals surface area contributed by atoms with Gasteiger partial charge in [0.1, 0.15) is 0 Å². The second-order valence-corrected chi connectivity index (χ2v) is 6.15. The van der Waals surface area contributed by atoms with Crippen LogP contribution < -0.4 is 4.90 Å². The van der Waals surface area contributed by atoms with Crippen molar-refractivity contribution in [1.82, 2.24) is 4.90 Å². The van der Waals surface area contributed by atoms with Crippen molar-refractivity contribution in [2.75, 3.05) is 57.4 Å². The van der Waals surface area contributed by atoms with E-state index in [0.717, 1.165) is 52.5 Å². The molecule has 2 aliphatic heterocycles. The first kappa shape index (κ1) is 14.8. The first-order valence-electron chi connectivity index (χ1n) is 7.96. The van der Waals surface area contributed by atoms with Gasteiger partial charge in [0.25, 0.3) is 0 Å². The van der Waals surface area contributed by atoms with E-state index in [0.29, 0.717) is 0 Å². The number of hydrogen-bond acceptors (Lipinski definition) is 4. The lowest BCUT2D eigenvalue weighted by molar-refractivity contribution is -0.0977. The molecule has 1 atom stereocenters. The molecular formula is C17H26N2O2. The number of rotatable bonds is 3. The first-order chi connectivity index (χ1) is 10.2. The largest absolute Gasteiger partial charge is 0.376 e. The Kier molecular flexibility index (Phi) is 4.78. The highest BCUT2D eigenvalue weighted by Gasteiger charge is 2.23. The average molecular weight is 290 g/mol. The lowest BCUT2D eigenvalue weighted by Crippen LogP contribution is -2.50. The number of ether oxygens (including phenoxy) is 2.